The van der Waals surface area contributed by atoms with E-state index in [1.807, 2.05) is 6.92 Å². The molecule has 0 atom stereocenters. The maximum absolute atomic E-state index is 15.0. The Morgan fingerprint density at radius 2 is 1.40 bits per heavy atom. The van der Waals surface area contributed by atoms with E-state index in [0.29, 0.717) is 43.2 Å². The van der Waals surface area contributed by atoms with Crippen molar-refractivity contribution in [1.82, 2.24) is 0 Å². The van der Waals surface area contributed by atoms with Crippen LogP contribution in [0.2, 0.25) is 0 Å². The standard InChI is InChI=1S/C31H33F7O2/c1-2-3-21-8-16-26(28(33)18-21)31(37,38)40-25-14-10-23(11-15-25)30(35,36)39-24-12-6-20(7-13-24)4-5-22-9-17-27(32)29(34)19-22/h8-9,16-20,23-25H,2-3,6-7,10-15H2,1H3. The quantitative estimate of drug-likeness (QED) is 0.233. The zero-order valence-corrected chi connectivity index (χ0v) is 22.3. The van der Waals surface area contributed by atoms with Crippen molar-refractivity contribution < 1.29 is 40.2 Å². The summed E-state index contributed by atoms with van der Waals surface area (Å²) < 4.78 is 110. The lowest BCUT2D eigenvalue weighted by atomic mass is 9.85. The van der Waals surface area contributed by atoms with Gasteiger partial charge in [0.1, 0.15) is 5.82 Å². The van der Waals surface area contributed by atoms with Crippen LogP contribution in [-0.4, -0.2) is 18.3 Å². The molecule has 2 fully saturated rings. The van der Waals surface area contributed by atoms with Gasteiger partial charge in [-0.1, -0.05) is 31.3 Å². The molecular formula is C31H33F7O2. The molecule has 2 aliphatic carbocycles. The summed E-state index contributed by atoms with van der Waals surface area (Å²) in [5.74, 6) is 1.63. The Morgan fingerprint density at radius 1 is 0.750 bits per heavy atom. The van der Waals surface area contributed by atoms with Crippen LogP contribution in [0.4, 0.5) is 30.7 Å². The summed E-state index contributed by atoms with van der Waals surface area (Å²) in [6.07, 6.45) is -5.91. The minimum Gasteiger partial charge on any atom is -0.317 e. The van der Waals surface area contributed by atoms with E-state index in [1.54, 1.807) is 0 Å². The van der Waals surface area contributed by atoms with Crippen LogP contribution in [0.3, 0.4) is 0 Å². The Balaban J connectivity index is 1.24. The van der Waals surface area contributed by atoms with E-state index in [9.17, 15) is 30.7 Å². The van der Waals surface area contributed by atoms with E-state index >= 15 is 0 Å². The van der Waals surface area contributed by atoms with Gasteiger partial charge in [0, 0.05) is 11.5 Å². The molecule has 2 aromatic carbocycles. The predicted molar refractivity (Wildman–Crippen MR) is 136 cm³/mol. The van der Waals surface area contributed by atoms with E-state index in [-0.39, 0.29) is 31.6 Å². The third-order valence-electron chi connectivity index (χ3n) is 7.69. The zero-order chi connectivity index (χ0) is 28.9. The van der Waals surface area contributed by atoms with Gasteiger partial charge in [-0.15, -0.1) is 0 Å². The molecule has 0 aromatic heterocycles. The summed E-state index contributed by atoms with van der Waals surface area (Å²) in [6, 6.07) is 6.95. The van der Waals surface area contributed by atoms with Crippen molar-refractivity contribution in [3.63, 3.8) is 0 Å². The summed E-state index contributed by atoms with van der Waals surface area (Å²) in [6.45, 7) is 1.90. The highest BCUT2D eigenvalue weighted by atomic mass is 19.3. The van der Waals surface area contributed by atoms with Crippen molar-refractivity contribution in [2.24, 2.45) is 11.8 Å². The highest BCUT2D eigenvalue weighted by Gasteiger charge is 2.47. The van der Waals surface area contributed by atoms with E-state index in [2.05, 4.69) is 11.8 Å². The minimum atomic E-state index is -3.86. The lowest BCUT2D eigenvalue weighted by Crippen LogP contribution is -2.40. The highest BCUT2D eigenvalue weighted by Crippen LogP contribution is 2.43. The molecule has 2 aromatic rings. The molecule has 0 unspecified atom stereocenters. The molecule has 2 aliphatic rings. The van der Waals surface area contributed by atoms with Gasteiger partial charge in [-0.25, -0.2) is 13.2 Å². The monoisotopic (exact) mass is 570 g/mol. The molecule has 40 heavy (non-hydrogen) atoms. The molecule has 4 rings (SSSR count). The van der Waals surface area contributed by atoms with E-state index in [1.165, 1.54) is 12.1 Å². The zero-order valence-electron chi connectivity index (χ0n) is 22.3. The number of rotatable bonds is 8. The number of aryl methyl sites for hydroxylation is 1. The maximum Gasteiger partial charge on any atom is 0.386 e. The third kappa shape index (κ3) is 7.79. The van der Waals surface area contributed by atoms with Gasteiger partial charge in [0.05, 0.1) is 23.7 Å². The normalized spacial score (nSPS) is 23.9. The highest BCUT2D eigenvalue weighted by molar-refractivity contribution is 5.35. The van der Waals surface area contributed by atoms with Crippen LogP contribution in [0.1, 0.15) is 81.4 Å². The fourth-order valence-corrected chi connectivity index (χ4v) is 5.43. The van der Waals surface area contributed by atoms with Crippen LogP contribution in [0.5, 0.6) is 0 Å². The van der Waals surface area contributed by atoms with Crippen LogP contribution in [-0.2, 0) is 22.0 Å². The van der Waals surface area contributed by atoms with Gasteiger partial charge < -0.3 is 9.47 Å². The molecule has 0 heterocycles. The molecule has 0 N–H and O–H groups in total. The van der Waals surface area contributed by atoms with Gasteiger partial charge in [-0.3, -0.25) is 0 Å². The van der Waals surface area contributed by atoms with Crippen molar-refractivity contribution in [2.75, 3.05) is 0 Å². The van der Waals surface area contributed by atoms with Crippen molar-refractivity contribution in [2.45, 2.75) is 95.6 Å². The number of hydrogen-bond donors (Lipinski definition) is 0. The molecule has 0 radical (unpaired) electrons. The molecule has 0 amide bonds. The SMILES string of the molecule is CCCc1ccc(C(F)(F)OC2CCC(C(F)(F)OC3CCC(C#Cc4ccc(F)c(F)c4)CC3)CC2)c(F)c1. The summed E-state index contributed by atoms with van der Waals surface area (Å²) in [4.78, 5) is 0. The number of ether oxygens (including phenoxy) is 2. The molecule has 0 spiro atoms. The topological polar surface area (TPSA) is 18.5 Å². The smallest absolute Gasteiger partial charge is 0.317 e. The van der Waals surface area contributed by atoms with Crippen LogP contribution in [0.25, 0.3) is 0 Å². The van der Waals surface area contributed by atoms with Crippen LogP contribution >= 0.6 is 0 Å². The first-order valence-electron chi connectivity index (χ1n) is 13.8. The van der Waals surface area contributed by atoms with Crippen molar-refractivity contribution in [1.29, 1.82) is 0 Å². The van der Waals surface area contributed by atoms with Gasteiger partial charge in [0.2, 0.25) is 0 Å². The maximum atomic E-state index is 15.0. The fraction of sp³-hybridized carbons (Fsp3) is 0.548. The first kappa shape index (κ1) is 30.4. The summed E-state index contributed by atoms with van der Waals surface area (Å²) in [7, 11) is 0. The predicted octanol–water partition coefficient (Wildman–Crippen LogP) is 8.90. The minimum absolute atomic E-state index is 0.0128. The summed E-state index contributed by atoms with van der Waals surface area (Å²) in [5.41, 5.74) is 0.106. The van der Waals surface area contributed by atoms with Crippen LogP contribution in [0, 0.1) is 41.1 Å². The summed E-state index contributed by atoms with van der Waals surface area (Å²) >= 11 is 0. The molecule has 0 saturated heterocycles. The Kier molecular flexibility index (Phi) is 9.84. The largest absolute Gasteiger partial charge is 0.386 e. The van der Waals surface area contributed by atoms with Gasteiger partial charge in [0.15, 0.2) is 11.6 Å². The second kappa shape index (κ2) is 12.9. The molecule has 2 saturated carbocycles. The molecular weight excluding hydrogens is 537 g/mol. The first-order valence-corrected chi connectivity index (χ1v) is 13.8. The average Bonchev–Trinajstić information content (AvgIpc) is 2.90. The number of halogens is 7. The Morgan fingerprint density at radius 3 is 2.02 bits per heavy atom. The molecule has 9 heteroatoms. The van der Waals surface area contributed by atoms with Crippen molar-refractivity contribution in [3.05, 3.63) is 70.5 Å². The third-order valence-corrected chi connectivity index (χ3v) is 7.69. The Bertz CT molecular complexity index is 1200. The Hall–Kier alpha value is -2.57. The molecule has 0 aliphatic heterocycles. The molecule has 2 nitrogen and oxygen atoms in total. The summed E-state index contributed by atoms with van der Waals surface area (Å²) in [5, 5.41) is 0. The fourth-order valence-electron chi connectivity index (χ4n) is 5.43. The number of hydrogen-bond acceptors (Lipinski definition) is 2. The first-order chi connectivity index (χ1) is 19.0. The van der Waals surface area contributed by atoms with E-state index < -0.39 is 53.4 Å². The van der Waals surface area contributed by atoms with E-state index in [4.69, 9.17) is 9.47 Å². The number of alkyl halides is 4. The van der Waals surface area contributed by atoms with E-state index in [0.717, 1.165) is 30.7 Å². The van der Waals surface area contributed by atoms with Crippen molar-refractivity contribution in [3.8, 4) is 11.8 Å². The lowest BCUT2D eigenvalue weighted by molar-refractivity contribution is -0.311. The lowest BCUT2D eigenvalue weighted by Gasteiger charge is -2.37. The van der Waals surface area contributed by atoms with Gasteiger partial charge in [0.25, 0.3) is 0 Å². The van der Waals surface area contributed by atoms with Crippen LogP contribution < -0.4 is 0 Å². The number of benzene rings is 2. The van der Waals surface area contributed by atoms with Gasteiger partial charge in [-0.05, 0) is 93.7 Å². The van der Waals surface area contributed by atoms with Gasteiger partial charge >= 0.3 is 12.2 Å². The molecule has 0 bridgehead atoms. The van der Waals surface area contributed by atoms with Crippen molar-refractivity contribution >= 4 is 0 Å². The average molecular weight is 571 g/mol. The molecule has 218 valence electrons. The Labute approximate surface area is 230 Å². The second-order valence-electron chi connectivity index (χ2n) is 10.7. The van der Waals surface area contributed by atoms with Crippen LogP contribution in [0.15, 0.2) is 36.4 Å². The van der Waals surface area contributed by atoms with Gasteiger partial charge in [-0.2, -0.15) is 17.6 Å². The second-order valence-corrected chi connectivity index (χ2v) is 10.7.